The van der Waals surface area contributed by atoms with E-state index >= 15 is 0 Å². The molecule has 2 N–H and O–H groups in total. The number of aryl methyl sites for hydroxylation is 2. The molecule has 1 aromatic heterocycles. The fraction of sp³-hybridized carbons (Fsp3) is 0.214. The van der Waals surface area contributed by atoms with Crippen molar-refractivity contribution >= 4 is 11.6 Å². The molecule has 0 bridgehead atoms. The van der Waals surface area contributed by atoms with Crippen molar-refractivity contribution in [3.63, 3.8) is 0 Å². The van der Waals surface area contributed by atoms with Crippen LogP contribution in [0, 0.1) is 6.92 Å². The second-order valence-electron chi connectivity index (χ2n) is 4.46. The van der Waals surface area contributed by atoms with Gasteiger partial charge in [-0.15, -0.1) is 0 Å². The minimum atomic E-state index is -0.372. The number of nitrogens with one attached hydrogen (secondary N) is 2. The van der Waals surface area contributed by atoms with E-state index in [2.05, 4.69) is 10.4 Å². The number of benzene rings is 1. The number of H-pyrrole nitrogens is 1. The lowest BCUT2D eigenvalue weighted by Crippen LogP contribution is -2.29. The molecule has 0 saturated heterocycles. The monoisotopic (exact) mass is 273 g/mol. The summed E-state index contributed by atoms with van der Waals surface area (Å²) in [4.78, 5) is 34.3. The van der Waals surface area contributed by atoms with Gasteiger partial charge in [-0.25, -0.2) is 4.68 Å². The molecule has 1 amide bonds. The maximum absolute atomic E-state index is 11.7. The summed E-state index contributed by atoms with van der Waals surface area (Å²) < 4.78 is 1.12. The first-order valence-corrected chi connectivity index (χ1v) is 6.21. The molecule has 0 fully saturated rings. The average molecular weight is 273 g/mol. The van der Waals surface area contributed by atoms with Crippen molar-refractivity contribution in [2.24, 2.45) is 0 Å². The van der Waals surface area contributed by atoms with Crippen LogP contribution < -0.4 is 16.4 Å². The van der Waals surface area contributed by atoms with Crippen LogP contribution in [-0.2, 0) is 11.3 Å². The Balaban J connectivity index is 1.95. The van der Waals surface area contributed by atoms with Crippen LogP contribution in [0.1, 0.15) is 12.0 Å². The molecule has 0 radical (unpaired) electrons. The van der Waals surface area contributed by atoms with Crippen LogP contribution in [0.25, 0.3) is 0 Å². The first-order chi connectivity index (χ1) is 9.54. The fourth-order valence-electron chi connectivity index (χ4n) is 1.70. The largest absolute Gasteiger partial charge is 0.326 e. The molecule has 6 nitrogen and oxygen atoms in total. The molecule has 1 heterocycles. The van der Waals surface area contributed by atoms with Gasteiger partial charge in [0, 0.05) is 24.2 Å². The Morgan fingerprint density at radius 2 is 1.85 bits per heavy atom. The van der Waals surface area contributed by atoms with Gasteiger partial charge < -0.3 is 5.32 Å². The van der Waals surface area contributed by atoms with E-state index in [1.54, 1.807) is 0 Å². The molecule has 0 unspecified atom stereocenters. The molecule has 104 valence electrons. The fourth-order valence-corrected chi connectivity index (χ4v) is 1.70. The van der Waals surface area contributed by atoms with E-state index in [4.69, 9.17) is 0 Å². The third-order valence-corrected chi connectivity index (χ3v) is 2.79. The second kappa shape index (κ2) is 6.01. The molecule has 0 aliphatic heterocycles. The standard InChI is InChI=1S/C14H15N3O3/c1-10-2-4-11(5-3-10)15-12(18)8-9-17-14(20)7-6-13(19)16-17/h2-7H,8-9H2,1H3,(H,15,18)(H,16,19). The quantitative estimate of drug-likeness (QED) is 0.867. The predicted molar refractivity (Wildman–Crippen MR) is 75.7 cm³/mol. The van der Waals surface area contributed by atoms with Crippen LogP contribution in [0.15, 0.2) is 46.0 Å². The highest BCUT2D eigenvalue weighted by atomic mass is 16.2. The third-order valence-electron chi connectivity index (χ3n) is 2.79. The van der Waals surface area contributed by atoms with Crippen molar-refractivity contribution in [3.05, 3.63) is 62.7 Å². The van der Waals surface area contributed by atoms with E-state index in [1.807, 2.05) is 31.2 Å². The van der Waals surface area contributed by atoms with Gasteiger partial charge in [-0.3, -0.25) is 19.5 Å². The van der Waals surface area contributed by atoms with Crippen molar-refractivity contribution in [3.8, 4) is 0 Å². The number of amides is 1. The van der Waals surface area contributed by atoms with Crippen LogP contribution in [0.3, 0.4) is 0 Å². The maximum Gasteiger partial charge on any atom is 0.265 e. The lowest BCUT2D eigenvalue weighted by molar-refractivity contribution is -0.116. The minimum Gasteiger partial charge on any atom is -0.326 e. The summed E-state index contributed by atoms with van der Waals surface area (Å²) in [5.41, 5.74) is 1.10. The molecule has 0 saturated carbocycles. The van der Waals surface area contributed by atoms with Crippen molar-refractivity contribution < 1.29 is 4.79 Å². The number of aromatic nitrogens is 2. The maximum atomic E-state index is 11.7. The van der Waals surface area contributed by atoms with E-state index in [-0.39, 0.29) is 30.0 Å². The van der Waals surface area contributed by atoms with E-state index in [0.717, 1.165) is 16.3 Å². The molecule has 6 heteroatoms. The highest BCUT2D eigenvalue weighted by Crippen LogP contribution is 2.08. The zero-order chi connectivity index (χ0) is 14.5. The second-order valence-corrected chi connectivity index (χ2v) is 4.46. The van der Waals surface area contributed by atoms with E-state index < -0.39 is 0 Å². The Bertz CT molecular complexity index is 713. The first kappa shape index (κ1) is 13.8. The molecule has 2 rings (SSSR count). The molecule has 20 heavy (non-hydrogen) atoms. The number of nitrogens with zero attached hydrogens (tertiary/aromatic N) is 1. The Morgan fingerprint density at radius 3 is 2.55 bits per heavy atom. The summed E-state index contributed by atoms with van der Waals surface area (Å²) in [6.07, 6.45) is 0.105. The lowest BCUT2D eigenvalue weighted by Gasteiger charge is -2.07. The Kier molecular flexibility index (Phi) is 4.14. The number of hydrogen-bond donors (Lipinski definition) is 2. The summed E-state index contributed by atoms with van der Waals surface area (Å²) in [6, 6.07) is 9.75. The molecule has 0 atom stereocenters. The van der Waals surface area contributed by atoms with Gasteiger partial charge in [0.05, 0.1) is 6.54 Å². The summed E-state index contributed by atoms with van der Waals surface area (Å²) in [7, 11) is 0. The number of hydrogen-bond acceptors (Lipinski definition) is 3. The van der Waals surface area contributed by atoms with E-state index in [0.29, 0.717) is 5.69 Å². The van der Waals surface area contributed by atoms with Crippen molar-refractivity contribution in [1.29, 1.82) is 0 Å². The Hall–Kier alpha value is -2.63. The number of carbonyl (C=O) groups excluding carboxylic acids is 1. The van der Waals surface area contributed by atoms with E-state index in [9.17, 15) is 14.4 Å². The summed E-state index contributed by atoms with van der Waals surface area (Å²) in [5, 5.41) is 5.10. The van der Waals surface area contributed by atoms with Crippen molar-refractivity contribution in [2.75, 3.05) is 5.32 Å². The summed E-state index contributed by atoms with van der Waals surface area (Å²) in [6.45, 7) is 2.09. The first-order valence-electron chi connectivity index (χ1n) is 6.21. The van der Waals surface area contributed by atoms with Gasteiger partial charge in [-0.2, -0.15) is 0 Å². The smallest absolute Gasteiger partial charge is 0.265 e. The number of carbonyl (C=O) groups is 1. The Labute approximate surface area is 115 Å². The SMILES string of the molecule is Cc1ccc(NC(=O)CCn2[nH]c(=O)ccc2=O)cc1. The number of anilines is 1. The van der Waals surface area contributed by atoms with Gasteiger partial charge in [0.15, 0.2) is 0 Å². The van der Waals surface area contributed by atoms with Gasteiger partial charge in [0.25, 0.3) is 11.1 Å². The van der Waals surface area contributed by atoms with Crippen molar-refractivity contribution in [2.45, 2.75) is 19.9 Å². The van der Waals surface area contributed by atoms with Crippen LogP contribution in [0.4, 0.5) is 5.69 Å². The molecule has 0 spiro atoms. The minimum absolute atomic E-state index is 0.105. The normalized spacial score (nSPS) is 10.2. The molecular formula is C14H15N3O3. The van der Waals surface area contributed by atoms with Crippen LogP contribution in [0.5, 0.6) is 0 Å². The van der Waals surface area contributed by atoms with Gasteiger partial charge >= 0.3 is 0 Å². The van der Waals surface area contributed by atoms with Gasteiger partial charge in [0.1, 0.15) is 0 Å². The van der Waals surface area contributed by atoms with Crippen molar-refractivity contribution in [1.82, 2.24) is 9.78 Å². The molecule has 1 aromatic carbocycles. The zero-order valence-electron chi connectivity index (χ0n) is 11.1. The van der Waals surface area contributed by atoms with Gasteiger partial charge in [-0.1, -0.05) is 17.7 Å². The molecule has 0 aliphatic rings. The van der Waals surface area contributed by atoms with E-state index in [1.165, 1.54) is 6.07 Å². The van der Waals surface area contributed by atoms with Crippen LogP contribution >= 0.6 is 0 Å². The predicted octanol–water partition coefficient (Wildman–Crippen LogP) is 0.874. The van der Waals surface area contributed by atoms with Crippen LogP contribution in [0.2, 0.25) is 0 Å². The molecule has 2 aromatic rings. The number of rotatable bonds is 4. The molecular weight excluding hydrogens is 258 g/mol. The topological polar surface area (TPSA) is 84.0 Å². The van der Waals surface area contributed by atoms with Gasteiger partial charge in [0.2, 0.25) is 5.91 Å². The lowest BCUT2D eigenvalue weighted by atomic mass is 10.2. The zero-order valence-corrected chi connectivity index (χ0v) is 11.1. The van der Waals surface area contributed by atoms with Crippen LogP contribution in [-0.4, -0.2) is 15.7 Å². The highest BCUT2D eigenvalue weighted by molar-refractivity contribution is 5.90. The molecule has 0 aliphatic carbocycles. The highest BCUT2D eigenvalue weighted by Gasteiger charge is 2.04. The summed E-state index contributed by atoms with van der Waals surface area (Å²) in [5.74, 6) is -0.217. The average Bonchev–Trinajstić information content (AvgIpc) is 2.42. The third kappa shape index (κ3) is 3.68. The van der Waals surface area contributed by atoms with Gasteiger partial charge in [-0.05, 0) is 19.1 Å². The number of aromatic amines is 1. The Morgan fingerprint density at radius 1 is 1.15 bits per heavy atom. The summed E-state index contributed by atoms with van der Waals surface area (Å²) >= 11 is 0.